The van der Waals surface area contributed by atoms with Gasteiger partial charge in [0.05, 0.1) is 16.8 Å². The van der Waals surface area contributed by atoms with E-state index in [4.69, 9.17) is 4.42 Å². The second-order valence-corrected chi connectivity index (χ2v) is 4.93. The third-order valence-corrected chi connectivity index (χ3v) is 3.40. The Morgan fingerprint density at radius 2 is 2.22 bits per heavy atom. The van der Waals surface area contributed by atoms with Gasteiger partial charge in [-0.05, 0) is 52.7 Å². The highest BCUT2D eigenvalue weighted by Gasteiger charge is 2.17. The van der Waals surface area contributed by atoms with E-state index in [1.807, 2.05) is 19.1 Å². The van der Waals surface area contributed by atoms with Crippen molar-refractivity contribution >= 4 is 15.9 Å². The maximum Gasteiger partial charge on any atom is 0.135 e. The van der Waals surface area contributed by atoms with Crippen LogP contribution in [0.1, 0.15) is 24.3 Å². The van der Waals surface area contributed by atoms with Crippen molar-refractivity contribution in [3.63, 3.8) is 0 Å². The minimum absolute atomic E-state index is 0.0428. The average molecular weight is 312 g/mol. The van der Waals surface area contributed by atoms with Gasteiger partial charge in [-0.15, -0.1) is 0 Å². The maximum absolute atomic E-state index is 13.2. The summed E-state index contributed by atoms with van der Waals surface area (Å²) in [5, 5.41) is 3.35. The number of furan rings is 1. The molecule has 1 aromatic carbocycles. The monoisotopic (exact) mass is 311 g/mol. The van der Waals surface area contributed by atoms with E-state index in [0.29, 0.717) is 6.42 Å². The lowest BCUT2D eigenvalue weighted by Crippen LogP contribution is -2.22. The van der Waals surface area contributed by atoms with Gasteiger partial charge in [0.1, 0.15) is 11.6 Å². The molecule has 1 aromatic heterocycles. The molecule has 0 bridgehead atoms. The first-order chi connectivity index (χ1) is 8.70. The fourth-order valence-corrected chi connectivity index (χ4v) is 2.44. The average Bonchev–Trinajstić information content (AvgIpc) is 2.75. The number of rotatable bonds is 5. The normalized spacial score (nSPS) is 12.6. The molecule has 0 spiro atoms. The second-order valence-electron chi connectivity index (χ2n) is 4.08. The van der Waals surface area contributed by atoms with Gasteiger partial charge >= 0.3 is 0 Å². The Kier molecular flexibility index (Phi) is 4.55. The molecule has 18 heavy (non-hydrogen) atoms. The molecular weight excluding hydrogens is 297 g/mol. The molecule has 1 unspecified atom stereocenters. The predicted octanol–water partition coefficient (Wildman–Crippen LogP) is 4.07. The van der Waals surface area contributed by atoms with Crippen molar-refractivity contribution in [3.8, 4) is 0 Å². The molecule has 0 radical (unpaired) electrons. The molecule has 0 amide bonds. The van der Waals surface area contributed by atoms with Gasteiger partial charge in [0.25, 0.3) is 0 Å². The van der Waals surface area contributed by atoms with Gasteiger partial charge in [-0.25, -0.2) is 4.39 Å². The van der Waals surface area contributed by atoms with Crippen LogP contribution in [0.25, 0.3) is 0 Å². The Labute approximate surface area is 114 Å². The first-order valence-electron chi connectivity index (χ1n) is 5.91. The lowest BCUT2D eigenvalue weighted by Gasteiger charge is -2.16. The zero-order valence-electron chi connectivity index (χ0n) is 10.1. The van der Waals surface area contributed by atoms with Gasteiger partial charge in [0.15, 0.2) is 0 Å². The lowest BCUT2D eigenvalue weighted by atomic mass is 10.0. The third kappa shape index (κ3) is 3.21. The van der Waals surface area contributed by atoms with Crippen molar-refractivity contribution in [1.82, 2.24) is 5.32 Å². The van der Waals surface area contributed by atoms with Crippen LogP contribution in [-0.4, -0.2) is 6.54 Å². The zero-order valence-corrected chi connectivity index (χ0v) is 11.7. The molecule has 0 saturated carbocycles. The molecule has 1 N–H and O–H groups in total. The Bertz CT molecular complexity index is 512. The van der Waals surface area contributed by atoms with Crippen molar-refractivity contribution in [2.75, 3.05) is 6.54 Å². The first kappa shape index (κ1) is 13.3. The SMILES string of the molecule is CCNC(Cc1cccc(F)c1)c1occc1Br. The summed E-state index contributed by atoms with van der Waals surface area (Å²) < 4.78 is 19.6. The van der Waals surface area contributed by atoms with E-state index in [1.54, 1.807) is 18.4 Å². The highest BCUT2D eigenvalue weighted by molar-refractivity contribution is 9.10. The fourth-order valence-electron chi connectivity index (χ4n) is 1.96. The van der Waals surface area contributed by atoms with E-state index in [1.165, 1.54) is 6.07 Å². The summed E-state index contributed by atoms with van der Waals surface area (Å²) in [6, 6.07) is 8.57. The summed E-state index contributed by atoms with van der Waals surface area (Å²) >= 11 is 3.46. The highest BCUT2D eigenvalue weighted by atomic mass is 79.9. The molecule has 0 aliphatic heterocycles. The summed E-state index contributed by atoms with van der Waals surface area (Å²) in [5.41, 5.74) is 0.948. The van der Waals surface area contributed by atoms with Crippen LogP contribution in [0.5, 0.6) is 0 Å². The Balaban J connectivity index is 2.19. The van der Waals surface area contributed by atoms with Gasteiger partial charge < -0.3 is 9.73 Å². The fraction of sp³-hybridized carbons (Fsp3) is 0.286. The number of halogens is 2. The van der Waals surface area contributed by atoms with Crippen molar-refractivity contribution in [2.45, 2.75) is 19.4 Å². The van der Waals surface area contributed by atoms with E-state index in [-0.39, 0.29) is 11.9 Å². The summed E-state index contributed by atoms with van der Waals surface area (Å²) in [7, 11) is 0. The van der Waals surface area contributed by atoms with Gasteiger partial charge in [-0.1, -0.05) is 19.1 Å². The Morgan fingerprint density at radius 3 is 2.83 bits per heavy atom. The molecule has 96 valence electrons. The van der Waals surface area contributed by atoms with E-state index in [0.717, 1.165) is 22.3 Å². The third-order valence-electron chi connectivity index (χ3n) is 2.74. The Morgan fingerprint density at radius 1 is 1.39 bits per heavy atom. The van der Waals surface area contributed by atoms with E-state index < -0.39 is 0 Å². The van der Waals surface area contributed by atoms with E-state index >= 15 is 0 Å². The van der Waals surface area contributed by atoms with Crippen molar-refractivity contribution in [1.29, 1.82) is 0 Å². The molecule has 0 saturated heterocycles. The number of hydrogen-bond donors (Lipinski definition) is 1. The number of benzene rings is 1. The van der Waals surface area contributed by atoms with Crippen molar-refractivity contribution in [2.24, 2.45) is 0 Å². The molecule has 0 aliphatic rings. The molecule has 4 heteroatoms. The van der Waals surface area contributed by atoms with Crippen molar-refractivity contribution in [3.05, 3.63) is 58.2 Å². The largest absolute Gasteiger partial charge is 0.466 e. The predicted molar refractivity (Wildman–Crippen MR) is 72.9 cm³/mol. The highest BCUT2D eigenvalue weighted by Crippen LogP contribution is 2.27. The van der Waals surface area contributed by atoms with Crippen LogP contribution in [0, 0.1) is 5.82 Å². The maximum atomic E-state index is 13.2. The topological polar surface area (TPSA) is 25.2 Å². The van der Waals surface area contributed by atoms with Gasteiger partial charge in [-0.3, -0.25) is 0 Å². The second kappa shape index (κ2) is 6.16. The molecule has 2 aromatic rings. The molecule has 2 nitrogen and oxygen atoms in total. The van der Waals surface area contributed by atoms with Crippen LogP contribution in [-0.2, 0) is 6.42 Å². The lowest BCUT2D eigenvalue weighted by molar-refractivity contribution is 0.413. The van der Waals surface area contributed by atoms with Crippen molar-refractivity contribution < 1.29 is 8.81 Å². The van der Waals surface area contributed by atoms with Crippen LogP contribution in [0.3, 0.4) is 0 Å². The zero-order chi connectivity index (χ0) is 13.0. The molecule has 1 heterocycles. The first-order valence-corrected chi connectivity index (χ1v) is 6.70. The van der Waals surface area contributed by atoms with Crippen LogP contribution >= 0.6 is 15.9 Å². The summed E-state index contributed by atoms with van der Waals surface area (Å²) in [4.78, 5) is 0. The van der Waals surface area contributed by atoms with Crippen LogP contribution in [0.2, 0.25) is 0 Å². The van der Waals surface area contributed by atoms with Crippen LogP contribution < -0.4 is 5.32 Å². The summed E-state index contributed by atoms with van der Waals surface area (Å²) in [5.74, 6) is 0.641. The van der Waals surface area contributed by atoms with Crippen LogP contribution in [0.4, 0.5) is 4.39 Å². The quantitative estimate of drug-likeness (QED) is 0.900. The van der Waals surface area contributed by atoms with Gasteiger partial charge in [-0.2, -0.15) is 0 Å². The minimum Gasteiger partial charge on any atom is -0.466 e. The molecule has 1 atom stereocenters. The smallest absolute Gasteiger partial charge is 0.135 e. The van der Waals surface area contributed by atoms with Gasteiger partial charge in [0.2, 0.25) is 0 Å². The summed E-state index contributed by atoms with van der Waals surface area (Å²) in [6.07, 6.45) is 2.34. The number of likely N-dealkylation sites (N-methyl/N-ethyl adjacent to an activating group) is 1. The Hall–Kier alpha value is -1.13. The standard InChI is InChI=1S/C14H15BrFNO/c1-2-17-13(14-12(15)6-7-18-14)9-10-4-3-5-11(16)8-10/h3-8,13,17H,2,9H2,1H3. The minimum atomic E-state index is -0.207. The van der Waals surface area contributed by atoms with E-state index in [9.17, 15) is 4.39 Å². The number of nitrogens with one attached hydrogen (secondary N) is 1. The van der Waals surface area contributed by atoms with Gasteiger partial charge in [0, 0.05) is 0 Å². The molecule has 0 aliphatic carbocycles. The molecular formula is C14H15BrFNO. The van der Waals surface area contributed by atoms with Crippen LogP contribution in [0.15, 0.2) is 45.5 Å². The summed E-state index contributed by atoms with van der Waals surface area (Å²) in [6.45, 7) is 2.86. The molecule has 0 fully saturated rings. The number of hydrogen-bond acceptors (Lipinski definition) is 2. The molecule has 2 rings (SSSR count). The van der Waals surface area contributed by atoms with E-state index in [2.05, 4.69) is 21.2 Å².